The number of ether oxygens (including phenoxy) is 1. The maximum Gasteiger partial charge on any atom is 0.222 e. The number of aromatic nitrogens is 2. The molecular formula is C13H22N4O2. The van der Waals surface area contributed by atoms with Crippen LogP contribution in [0.2, 0.25) is 0 Å². The third-order valence-corrected chi connectivity index (χ3v) is 3.09. The first-order valence-corrected chi connectivity index (χ1v) is 6.78. The van der Waals surface area contributed by atoms with Gasteiger partial charge in [0.05, 0.1) is 13.2 Å². The molecule has 1 fully saturated rings. The van der Waals surface area contributed by atoms with Gasteiger partial charge in [0.25, 0.3) is 0 Å². The lowest BCUT2D eigenvalue weighted by Gasteiger charge is -2.09. The minimum Gasteiger partial charge on any atom is -0.383 e. The van der Waals surface area contributed by atoms with Crippen LogP contribution in [-0.2, 0) is 22.6 Å². The van der Waals surface area contributed by atoms with Crippen molar-refractivity contribution in [2.24, 2.45) is 0 Å². The highest BCUT2D eigenvalue weighted by molar-refractivity contribution is 5.76. The molecule has 2 N–H and O–H groups in total. The number of carbonyl (C=O) groups excluding carboxylic acids is 1. The second-order valence-corrected chi connectivity index (χ2v) is 4.80. The van der Waals surface area contributed by atoms with E-state index in [0.717, 1.165) is 25.2 Å². The van der Waals surface area contributed by atoms with Gasteiger partial charge in [0.15, 0.2) is 0 Å². The van der Waals surface area contributed by atoms with Crippen LogP contribution in [-0.4, -0.2) is 41.8 Å². The third-order valence-electron chi connectivity index (χ3n) is 3.09. The van der Waals surface area contributed by atoms with Gasteiger partial charge in [-0.15, -0.1) is 0 Å². The van der Waals surface area contributed by atoms with Gasteiger partial charge in [0.1, 0.15) is 5.82 Å². The normalized spacial score (nSPS) is 14.6. The molecule has 0 unspecified atom stereocenters. The van der Waals surface area contributed by atoms with Crippen molar-refractivity contribution in [3.63, 3.8) is 0 Å². The first-order valence-electron chi connectivity index (χ1n) is 6.78. The lowest BCUT2D eigenvalue weighted by atomic mass is 10.3. The van der Waals surface area contributed by atoms with E-state index in [1.54, 1.807) is 13.3 Å². The molecular weight excluding hydrogens is 244 g/mol. The predicted octanol–water partition coefficient (Wildman–Crippen LogP) is 0.288. The lowest BCUT2D eigenvalue weighted by Crippen LogP contribution is -2.27. The zero-order valence-corrected chi connectivity index (χ0v) is 11.4. The molecule has 0 radical (unpaired) electrons. The van der Waals surface area contributed by atoms with Crippen molar-refractivity contribution in [2.75, 3.05) is 20.3 Å². The Labute approximate surface area is 113 Å². The standard InChI is InChI=1S/C13H22N4O2/c1-19-9-6-14-10-12-15-5-8-17(12)7-4-13(18)16-11-2-3-11/h5,8,11,14H,2-4,6-7,9-10H2,1H3,(H,16,18). The van der Waals surface area contributed by atoms with Crippen LogP contribution >= 0.6 is 0 Å². The summed E-state index contributed by atoms with van der Waals surface area (Å²) < 4.78 is 6.99. The number of nitrogens with zero attached hydrogens (tertiary/aromatic N) is 2. The van der Waals surface area contributed by atoms with Gasteiger partial charge in [-0.25, -0.2) is 4.98 Å². The summed E-state index contributed by atoms with van der Waals surface area (Å²) in [5.41, 5.74) is 0. The van der Waals surface area contributed by atoms with E-state index in [9.17, 15) is 4.79 Å². The average Bonchev–Trinajstić information content (AvgIpc) is 3.09. The van der Waals surface area contributed by atoms with Gasteiger partial charge < -0.3 is 19.9 Å². The Morgan fingerprint density at radius 3 is 3.16 bits per heavy atom. The van der Waals surface area contributed by atoms with Crippen LogP contribution in [0.5, 0.6) is 0 Å². The Balaban J connectivity index is 1.70. The number of hydrogen-bond donors (Lipinski definition) is 2. The largest absolute Gasteiger partial charge is 0.383 e. The van der Waals surface area contributed by atoms with E-state index in [4.69, 9.17) is 4.74 Å². The van der Waals surface area contributed by atoms with Gasteiger partial charge in [-0.3, -0.25) is 4.79 Å². The van der Waals surface area contributed by atoms with Crippen molar-refractivity contribution >= 4 is 5.91 Å². The van der Waals surface area contributed by atoms with Crippen LogP contribution in [0.1, 0.15) is 25.1 Å². The van der Waals surface area contributed by atoms with Gasteiger partial charge in [-0.1, -0.05) is 0 Å². The van der Waals surface area contributed by atoms with Crippen LogP contribution in [0.25, 0.3) is 0 Å². The molecule has 6 heteroatoms. The van der Waals surface area contributed by atoms with Crippen molar-refractivity contribution in [1.82, 2.24) is 20.2 Å². The highest BCUT2D eigenvalue weighted by Crippen LogP contribution is 2.18. The van der Waals surface area contributed by atoms with Crippen LogP contribution in [0.4, 0.5) is 0 Å². The summed E-state index contributed by atoms with van der Waals surface area (Å²) in [6.45, 7) is 2.86. The van der Waals surface area contributed by atoms with Crippen molar-refractivity contribution in [1.29, 1.82) is 0 Å². The third kappa shape index (κ3) is 5.00. The summed E-state index contributed by atoms with van der Waals surface area (Å²) in [7, 11) is 1.68. The van der Waals surface area contributed by atoms with Crippen molar-refractivity contribution in [3.05, 3.63) is 18.2 Å². The summed E-state index contributed by atoms with van der Waals surface area (Å²) in [5.74, 6) is 1.09. The maximum absolute atomic E-state index is 11.6. The molecule has 1 aliphatic rings. The number of rotatable bonds is 9. The molecule has 1 aromatic rings. The highest BCUT2D eigenvalue weighted by atomic mass is 16.5. The molecule has 0 atom stereocenters. The number of amides is 1. The summed E-state index contributed by atoms with van der Waals surface area (Å²) in [4.78, 5) is 15.9. The van der Waals surface area contributed by atoms with Crippen molar-refractivity contribution in [2.45, 2.75) is 38.4 Å². The molecule has 0 aliphatic heterocycles. The quantitative estimate of drug-likeness (QED) is 0.630. The SMILES string of the molecule is COCCNCc1nccn1CCC(=O)NC1CC1. The molecule has 0 saturated heterocycles. The zero-order chi connectivity index (χ0) is 13.5. The van der Waals surface area contributed by atoms with Crippen LogP contribution in [0.15, 0.2) is 12.4 Å². The topological polar surface area (TPSA) is 68.2 Å². The average molecular weight is 266 g/mol. The lowest BCUT2D eigenvalue weighted by molar-refractivity contribution is -0.121. The molecule has 1 heterocycles. The zero-order valence-electron chi connectivity index (χ0n) is 11.4. The number of nitrogens with one attached hydrogen (secondary N) is 2. The molecule has 0 aromatic carbocycles. The fourth-order valence-electron chi connectivity index (χ4n) is 1.83. The molecule has 0 bridgehead atoms. The molecule has 0 spiro atoms. The minimum absolute atomic E-state index is 0.134. The smallest absolute Gasteiger partial charge is 0.222 e. The van der Waals surface area contributed by atoms with Gasteiger partial charge in [-0.2, -0.15) is 0 Å². The summed E-state index contributed by atoms with van der Waals surface area (Å²) in [5, 5.41) is 6.24. The molecule has 19 heavy (non-hydrogen) atoms. The number of methoxy groups -OCH3 is 1. The Hall–Kier alpha value is -1.40. The summed E-state index contributed by atoms with van der Waals surface area (Å²) in [6, 6.07) is 0.436. The maximum atomic E-state index is 11.6. The minimum atomic E-state index is 0.134. The molecule has 106 valence electrons. The molecule has 6 nitrogen and oxygen atoms in total. The van der Waals surface area contributed by atoms with Gasteiger partial charge >= 0.3 is 0 Å². The molecule has 1 aliphatic carbocycles. The predicted molar refractivity (Wildman–Crippen MR) is 71.6 cm³/mol. The number of carbonyl (C=O) groups is 1. The summed E-state index contributed by atoms with van der Waals surface area (Å²) in [6.07, 6.45) is 6.46. The second kappa shape index (κ2) is 7.25. The fourth-order valence-corrected chi connectivity index (χ4v) is 1.83. The van der Waals surface area contributed by atoms with E-state index < -0.39 is 0 Å². The highest BCUT2D eigenvalue weighted by Gasteiger charge is 2.22. The van der Waals surface area contributed by atoms with E-state index in [0.29, 0.717) is 32.2 Å². The first kappa shape index (κ1) is 14.0. The molecule has 1 saturated carbocycles. The van der Waals surface area contributed by atoms with Gasteiger partial charge in [0.2, 0.25) is 5.91 Å². The van der Waals surface area contributed by atoms with Gasteiger partial charge in [0, 0.05) is 45.1 Å². The first-order chi connectivity index (χ1) is 9.29. The number of imidazole rings is 1. The van der Waals surface area contributed by atoms with E-state index in [2.05, 4.69) is 15.6 Å². The van der Waals surface area contributed by atoms with E-state index in [-0.39, 0.29) is 5.91 Å². The Morgan fingerprint density at radius 1 is 1.58 bits per heavy atom. The van der Waals surface area contributed by atoms with Crippen LogP contribution < -0.4 is 10.6 Å². The molecule has 1 aromatic heterocycles. The Morgan fingerprint density at radius 2 is 2.42 bits per heavy atom. The van der Waals surface area contributed by atoms with Gasteiger partial charge in [-0.05, 0) is 12.8 Å². The van der Waals surface area contributed by atoms with E-state index >= 15 is 0 Å². The van der Waals surface area contributed by atoms with E-state index in [1.807, 2.05) is 10.8 Å². The molecule has 2 rings (SSSR count). The number of aryl methyl sites for hydroxylation is 1. The van der Waals surface area contributed by atoms with E-state index in [1.165, 1.54) is 0 Å². The van der Waals surface area contributed by atoms with Crippen molar-refractivity contribution in [3.8, 4) is 0 Å². The monoisotopic (exact) mass is 266 g/mol. The van der Waals surface area contributed by atoms with Crippen LogP contribution in [0, 0.1) is 0 Å². The fraction of sp³-hybridized carbons (Fsp3) is 0.692. The number of hydrogen-bond acceptors (Lipinski definition) is 4. The molecule has 1 amide bonds. The Kier molecular flexibility index (Phi) is 5.35. The summed E-state index contributed by atoms with van der Waals surface area (Å²) >= 11 is 0. The second-order valence-electron chi connectivity index (χ2n) is 4.80. The Bertz CT molecular complexity index is 401. The van der Waals surface area contributed by atoms with Crippen molar-refractivity contribution < 1.29 is 9.53 Å². The van der Waals surface area contributed by atoms with Crippen LogP contribution in [0.3, 0.4) is 0 Å².